The number of piperidine rings is 1. The minimum Gasteiger partial charge on any atom is -0.383 e. The first-order chi connectivity index (χ1) is 8.79. The van der Waals surface area contributed by atoms with Crippen molar-refractivity contribution in [3.05, 3.63) is 18.3 Å². The van der Waals surface area contributed by atoms with E-state index in [-0.39, 0.29) is 0 Å². The SMILES string of the molecule is CCNc1cc(NCC2CCCCN2C)ccn1. The summed E-state index contributed by atoms with van der Waals surface area (Å²) in [6.45, 7) is 5.23. The zero-order valence-corrected chi connectivity index (χ0v) is 11.4. The summed E-state index contributed by atoms with van der Waals surface area (Å²) in [7, 11) is 2.22. The summed E-state index contributed by atoms with van der Waals surface area (Å²) in [5.74, 6) is 0.944. The largest absolute Gasteiger partial charge is 0.383 e. The predicted octanol–water partition coefficient (Wildman–Crippen LogP) is 2.41. The molecule has 0 spiro atoms. The van der Waals surface area contributed by atoms with E-state index in [0.29, 0.717) is 6.04 Å². The molecule has 0 radical (unpaired) electrons. The monoisotopic (exact) mass is 248 g/mol. The van der Waals surface area contributed by atoms with Crippen molar-refractivity contribution in [3.63, 3.8) is 0 Å². The van der Waals surface area contributed by atoms with Gasteiger partial charge in [-0.3, -0.25) is 0 Å². The molecule has 4 nitrogen and oxygen atoms in total. The van der Waals surface area contributed by atoms with Gasteiger partial charge in [-0.15, -0.1) is 0 Å². The summed E-state index contributed by atoms with van der Waals surface area (Å²) in [5.41, 5.74) is 1.15. The van der Waals surface area contributed by atoms with Crippen LogP contribution in [0.5, 0.6) is 0 Å². The molecule has 4 heteroatoms. The van der Waals surface area contributed by atoms with Gasteiger partial charge in [-0.2, -0.15) is 0 Å². The molecule has 0 aromatic carbocycles. The van der Waals surface area contributed by atoms with Gasteiger partial charge >= 0.3 is 0 Å². The van der Waals surface area contributed by atoms with Gasteiger partial charge in [0.1, 0.15) is 5.82 Å². The first kappa shape index (κ1) is 13.1. The normalized spacial score (nSPS) is 20.7. The van der Waals surface area contributed by atoms with Crippen molar-refractivity contribution in [2.24, 2.45) is 0 Å². The summed E-state index contributed by atoms with van der Waals surface area (Å²) < 4.78 is 0. The number of hydrogen-bond donors (Lipinski definition) is 2. The number of aromatic nitrogens is 1. The van der Waals surface area contributed by atoms with Gasteiger partial charge in [0.05, 0.1) is 0 Å². The van der Waals surface area contributed by atoms with Crippen LogP contribution in [-0.2, 0) is 0 Å². The first-order valence-corrected chi connectivity index (χ1v) is 6.93. The molecule has 2 heterocycles. The van der Waals surface area contributed by atoms with E-state index >= 15 is 0 Å². The Balaban J connectivity index is 1.87. The lowest BCUT2D eigenvalue weighted by Gasteiger charge is -2.32. The van der Waals surface area contributed by atoms with Gasteiger partial charge in [0, 0.05) is 37.1 Å². The minimum absolute atomic E-state index is 0.662. The third-order valence-corrected chi connectivity index (χ3v) is 3.58. The molecule has 100 valence electrons. The fraction of sp³-hybridized carbons (Fsp3) is 0.643. The maximum Gasteiger partial charge on any atom is 0.127 e. The molecule has 1 atom stereocenters. The molecule has 0 bridgehead atoms. The number of pyridine rings is 1. The van der Waals surface area contributed by atoms with Crippen molar-refractivity contribution in [3.8, 4) is 0 Å². The fourth-order valence-corrected chi connectivity index (χ4v) is 2.46. The minimum atomic E-state index is 0.662. The lowest BCUT2D eigenvalue weighted by atomic mass is 10.0. The summed E-state index contributed by atoms with van der Waals surface area (Å²) in [4.78, 5) is 6.74. The second kappa shape index (κ2) is 6.59. The molecule has 1 aromatic heterocycles. The molecule has 0 aliphatic carbocycles. The molecule has 0 saturated carbocycles. The van der Waals surface area contributed by atoms with Gasteiger partial charge < -0.3 is 15.5 Å². The molecule has 1 aliphatic heterocycles. The summed E-state index contributed by atoms with van der Waals surface area (Å²) in [5, 5.41) is 6.76. The Bertz CT molecular complexity index is 367. The van der Waals surface area contributed by atoms with Crippen LogP contribution in [0, 0.1) is 0 Å². The van der Waals surface area contributed by atoms with Crippen LogP contribution >= 0.6 is 0 Å². The average molecular weight is 248 g/mol. The number of likely N-dealkylation sites (tertiary alicyclic amines) is 1. The molecular weight excluding hydrogens is 224 g/mol. The first-order valence-electron chi connectivity index (χ1n) is 6.93. The molecule has 0 amide bonds. The third-order valence-electron chi connectivity index (χ3n) is 3.58. The van der Waals surface area contributed by atoms with Crippen LogP contribution in [0.15, 0.2) is 18.3 Å². The van der Waals surface area contributed by atoms with Crippen LogP contribution in [0.2, 0.25) is 0 Å². The standard InChI is InChI=1S/C14H24N4/c1-3-15-14-10-12(7-8-16-14)17-11-13-6-4-5-9-18(13)2/h7-8,10,13H,3-6,9,11H2,1-2H3,(H2,15,16,17). The zero-order chi connectivity index (χ0) is 12.8. The average Bonchev–Trinajstić information content (AvgIpc) is 2.39. The van der Waals surface area contributed by atoms with E-state index in [0.717, 1.165) is 24.6 Å². The molecule has 1 unspecified atom stereocenters. The smallest absolute Gasteiger partial charge is 0.127 e. The third kappa shape index (κ3) is 3.60. The molecule has 1 aromatic rings. The maximum absolute atomic E-state index is 4.28. The Labute approximate surface area is 110 Å². The number of anilines is 2. The Kier molecular flexibility index (Phi) is 4.81. The van der Waals surface area contributed by atoms with Crippen LogP contribution in [0.1, 0.15) is 26.2 Å². The van der Waals surface area contributed by atoms with Crippen LogP contribution in [0.25, 0.3) is 0 Å². The molecule has 2 N–H and O–H groups in total. The van der Waals surface area contributed by atoms with Gasteiger partial charge in [0.15, 0.2) is 0 Å². The van der Waals surface area contributed by atoms with Crippen molar-refractivity contribution in [1.29, 1.82) is 0 Å². The van der Waals surface area contributed by atoms with E-state index in [2.05, 4.69) is 40.6 Å². The number of nitrogens with zero attached hydrogens (tertiary/aromatic N) is 2. The molecule has 1 fully saturated rings. The Morgan fingerprint density at radius 2 is 2.28 bits per heavy atom. The molecular formula is C14H24N4. The molecule has 2 rings (SSSR count). The highest BCUT2D eigenvalue weighted by molar-refractivity contribution is 5.51. The maximum atomic E-state index is 4.28. The summed E-state index contributed by atoms with van der Waals surface area (Å²) in [6, 6.07) is 4.77. The van der Waals surface area contributed by atoms with E-state index < -0.39 is 0 Å². The Hall–Kier alpha value is -1.29. The fourth-order valence-electron chi connectivity index (χ4n) is 2.46. The van der Waals surface area contributed by atoms with Gasteiger partial charge in [-0.05, 0) is 39.4 Å². The predicted molar refractivity (Wildman–Crippen MR) is 77.2 cm³/mol. The van der Waals surface area contributed by atoms with Crippen LogP contribution in [-0.4, -0.2) is 42.6 Å². The summed E-state index contributed by atoms with van der Waals surface area (Å²) in [6.07, 6.45) is 5.85. The van der Waals surface area contributed by atoms with Crippen LogP contribution < -0.4 is 10.6 Å². The topological polar surface area (TPSA) is 40.2 Å². The van der Waals surface area contributed by atoms with Crippen LogP contribution in [0.4, 0.5) is 11.5 Å². The second-order valence-electron chi connectivity index (χ2n) is 4.97. The zero-order valence-electron chi connectivity index (χ0n) is 11.4. The van der Waals surface area contributed by atoms with E-state index in [4.69, 9.17) is 0 Å². The highest BCUT2D eigenvalue weighted by atomic mass is 15.2. The Morgan fingerprint density at radius 3 is 3.06 bits per heavy atom. The highest BCUT2D eigenvalue weighted by Crippen LogP contribution is 2.17. The lowest BCUT2D eigenvalue weighted by Crippen LogP contribution is -2.40. The number of likely N-dealkylation sites (N-methyl/N-ethyl adjacent to an activating group) is 1. The van der Waals surface area contributed by atoms with Crippen molar-refractivity contribution in [2.45, 2.75) is 32.2 Å². The van der Waals surface area contributed by atoms with Crippen molar-refractivity contribution in [1.82, 2.24) is 9.88 Å². The highest BCUT2D eigenvalue weighted by Gasteiger charge is 2.18. The van der Waals surface area contributed by atoms with E-state index in [1.165, 1.54) is 25.8 Å². The van der Waals surface area contributed by atoms with Gasteiger partial charge in [0.2, 0.25) is 0 Å². The quantitative estimate of drug-likeness (QED) is 0.839. The summed E-state index contributed by atoms with van der Waals surface area (Å²) >= 11 is 0. The second-order valence-corrected chi connectivity index (χ2v) is 4.97. The molecule has 1 saturated heterocycles. The van der Waals surface area contributed by atoms with Crippen molar-refractivity contribution >= 4 is 11.5 Å². The van der Waals surface area contributed by atoms with Gasteiger partial charge in [-0.25, -0.2) is 4.98 Å². The Morgan fingerprint density at radius 1 is 1.39 bits per heavy atom. The van der Waals surface area contributed by atoms with Crippen molar-refractivity contribution < 1.29 is 0 Å². The van der Waals surface area contributed by atoms with E-state index in [1.54, 1.807) is 0 Å². The van der Waals surface area contributed by atoms with E-state index in [1.807, 2.05) is 12.3 Å². The number of nitrogens with one attached hydrogen (secondary N) is 2. The van der Waals surface area contributed by atoms with Crippen molar-refractivity contribution in [2.75, 3.05) is 37.3 Å². The molecule has 1 aliphatic rings. The lowest BCUT2D eigenvalue weighted by molar-refractivity contribution is 0.194. The van der Waals surface area contributed by atoms with Gasteiger partial charge in [0.25, 0.3) is 0 Å². The van der Waals surface area contributed by atoms with Crippen LogP contribution in [0.3, 0.4) is 0 Å². The number of hydrogen-bond acceptors (Lipinski definition) is 4. The number of rotatable bonds is 5. The van der Waals surface area contributed by atoms with Gasteiger partial charge in [-0.1, -0.05) is 6.42 Å². The molecule has 18 heavy (non-hydrogen) atoms. The van der Waals surface area contributed by atoms with E-state index in [9.17, 15) is 0 Å².